The van der Waals surface area contributed by atoms with Crippen molar-refractivity contribution in [3.05, 3.63) is 0 Å². The second kappa shape index (κ2) is 38.9. The van der Waals surface area contributed by atoms with Crippen LogP contribution in [0.15, 0.2) is 0 Å². The summed E-state index contributed by atoms with van der Waals surface area (Å²) < 4.78 is 25.8. The number of hydrogen-bond acceptors (Lipinski definition) is 9. The number of ether oxygens (including phenoxy) is 5. The van der Waals surface area contributed by atoms with E-state index in [4.69, 9.17) is 18.9 Å². The molecule has 0 heterocycles. The van der Waals surface area contributed by atoms with Gasteiger partial charge < -0.3 is 45.0 Å². The van der Waals surface area contributed by atoms with E-state index in [2.05, 4.69) is 26.0 Å². The molecule has 0 saturated carbocycles. The van der Waals surface area contributed by atoms with Crippen LogP contribution in [0.25, 0.3) is 0 Å². The van der Waals surface area contributed by atoms with Crippen LogP contribution in [0.5, 0.6) is 0 Å². The Hall–Kier alpha value is -2.32. The van der Waals surface area contributed by atoms with Crippen molar-refractivity contribution in [2.45, 2.75) is 99.5 Å². The Labute approximate surface area is 285 Å². The van der Waals surface area contributed by atoms with Crippen LogP contribution in [0.2, 0.25) is 0 Å². The van der Waals surface area contributed by atoms with Crippen molar-refractivity contribution in [2.75, 3.05) is 86.1 Å². The average molecular weight is 673 g/mol. The first kappa shape index (κ1) is 48.1. The predicted molar refractivity (Wildman–Crippen MR) is 190 cm³/mol. The second-order valence-corrected chi connectivity index (χ2v) is 10.6. The molecule has 0 aliphatic rings. The summed E-state index contributed by atoms with van der Waals surface area (Å²) in [5, 5.41) is 11.2. The Morgan fingerprint density at radius 1 is 0.565 bits per heavy atom. The van der Waals surface area contributed by atoms with Crippen molar-refractivity contribution in [1.82, 2.24) is 21.3 Å². The van der Waals surface area contributed by atoms with Crippen molar-refractivity contribution in [1.29, 1.82) is 0 Å². The summed E-state index contributed by atoms with van der Waals surface area (Å²) in [6.07, 6.45) is 7.27. The summed E-state index contributed by atoms with van der Waals surface area (Å²) in [7, 11) is 1.47. The normalized spacial score (nSPS) is 10.4. The van der Waals surface area contributed by atoms with Crippen LogP contribution in [-0.4, -0.2) is 116 Å². The number of methoxy groups -OCH3 is 1. The molecule has 0 fully saturated rings. The van der Waals surface area contributed by atoms with Crippen LogP contribution in [0, 0.1) is 5.92 Å². The van der Waals surface area contributed by atoms with Crippen molar-refractivity contribution in [3.8, 4) is 0 Å². The minimum atomic E-state index is -0.158. The van der Waals surface area contributed by atoms with Crippen LogP contribution >= 0.6 is 0 Å². The quantitative estimate of drug-likeness (QED) is 0.0901. The fourth-order valence-corrected chi connectivity index (χ4v) is 3.27. The highest BCUT2D eigenvalue weighted by Gasteiger charge is 2.05. The lowest BCUT2D eigenvalue weighted by Gasteiger charge is -2.08. The van der Waals surface area contributed by atoms with E-state index in [1.807, 2.05) is 41.5 Å². The molecule has 4 N–H and O–H groups in total. The van der Waals surface area contributed by atoms with Gasteiger partial charge in [-0.1, -0.05) is 60.3 Å². The first-order chi connectivity index (χ1) is 22.1. The van der Waals surface area contributed by atoms with E-state index in [1.165, 1.54) is 20.0 Å². The number of hydrogen-bond donors (Lipinski definition) is 4. The van der Waals surface area contributed by atoms with Crippen molar-refractivity contribution in [3.63, 3.8) is 0 Å². The molecule has 0 atom stereocenters. The molecule has 46 heavy (non-hydrogen) atoms. The summed E-state index contributed by atoms with van der Waals surface area (Å²) in [5.41, 5.74) is 0. The molecule has 0 bridgehead atoms. The Morgan fingerprint density at radius 3 is 1.43 bits per heavy atom. The van der Waals surface area contributed by atoms with E-state index in [9.17, 15) is 19.2 Å². The van der Waals surface area contributed by atoms with Crippen molar-refractivity contribution >= 4 is 23.6 Å². The van der Waals surface area contributed by atoms with E-state index in [0.717, 1.165) is 38.8 Å². The molecule has 0 radical (unpaired) electrons. The lowest BCUT2D eigenvalue weighted by molar-refractivity contribution is -0.127. The first-order valence-electron chi connectivity index (χ1n) is 17.0. The zero-order valence-electron chi connectivity index (χ0n) is 30.3. The molecular weight excluding hydrogens is 596 g/mol. The topological polar surface area (TPSA) is 163 Å². The van der Waals surface area contributed by atoms with Gasteiger partial charge in [0.25, 0.3) is 0 Å². The highest BCUT2D eigenvalue weighted by atomic mass is 16.5. The molecule has 13 heteroatoms. The molecule has 282 valence electrons. The molecule has 0 aromatic heterocycles. The number of unbranched alkanes of at least 4 members (excludes halogenated alkanes) is 5. The molecule has 0 aromatic carbocycles. The maximum absolute atomic E-state index is 11.4. The summed E-state index contributed by atoms with van der Waals surface area (Å²) in [5.74, 6) is 0.0398. The van der Waals surface area contributed by atoms with Gasteiger partial charge in [-0.2, -0.15) is 0 Å². The van der Waals surface area contributed by atoms with Gasteiger partial charge in [0.1, 0.15) is 13.2 Å². The molecular formula is C33H76N4O9. The largest absolute Gasteiger partial charge is 0.377 e. The average Bonchev–Trinajstić information content (AvgIpc) is 3.04. The number of rotatable bonds is 28. The summed E-state index contributed by atoms with van der Waals surface area (Å²) in [6, 6.07) is 0. The maximum atomic E-state index is 11.4. The van der Waals surface area contributed by atoms with Gasteiger partial charge in [0, 0.05) is 51.3 Å². The number of amides is 4. The Morgan fingerprint density at radius 2 is 0.978 bits per heavy atom. The minimum absolute atomic E-state index is 0. The standard InChI is InChI=1S/C17H34N2O3.C14H28N2O6.C2H6.4H2/c1-14(2)17(21)19-12-10-8-6-5-7-9-11-18-16(20)13-22-15(3)4;1-3-13(17)15-4-6-20-8-10-22-11-9-21-7-5-16-14(18)12-19-2;1-2;;;;/h14-15H,5-13H2,1-4H3,(H,18,20)(H,19,21);3-12H2,1-2H3,(H,15,17)(H,16,18);1-2H3;4*1H. The third-order valence-electron chi connectivity index (χ3n) is 5.77. The van der Waals surface area contributed by atoms with Gasteiger partial charge in [0.2, 0.25) is 23.6 Å². The van der Waals surface area contributed by atoms with Crippen LogP contribution in [-0.2, 0) is 42.9 Å². The number of carbonyl (C=O) groups is 4. The van der Waals surface area contributed by atoms with Crippen LogP contribution in [0.4, 0.5) is 0 Å². The number of nitrogens with one attached hydrogen (secondary N) is 4. The second-order valence-electron chi connectivity index (χ2n) is 10.6. The number of carbonyl (C=O) groups excluding carboxylic acids is 4. The zero-order chi connectivity index (χ0) is 35.3. The van der Waals surface area contributed by atoms with E-state index in [1.54, 1.807) is 6.92 Å². The third-order valence-corrected chi connectivity index (χ3v) is 5.77. The summed E-state index contributed by atoms with van der Waals surface area (Å²) in [4.78, 5) is 44.7. The molecule has 13 nitrogen and oxygen atoms in total. The zero-order valence-corrected chi connectivity index (χ0v) is 30.3. The molecule has 0 aliphatic heterocycles. The van der Waals surface area contributed by atoms with E-state index in [-0.39, 0.29) is 54.6 Å². The smallest absolute Gasteiger partial charge is 0.246 e. The molecule has 0 saturated heterocycles. The van der Waals surface area contributed by atoms with Crippen LogP contribution < -0.4 is 21.3 Å². The van der Waals surface area contributed by atoms with E-state index in [0.29, 0.717) is 59.2 Å². The first-order valence-corrected chi connectivity index (χ1v) is 17.0. The molecule has 4 amide bonds. The minimum Gasteiger partial charge on any atom is -0.377 e. The molecule has 0 rings (SSSR count). The Bertz CT molecular complexity index is 731. The predicted octanol–water partition coefficient (Wildman–Crippen LogP) is 3.98. The summed E-state index contributed by atoms with van der Waals surface area (Å²) >= 11 is 0. The fourth-order valence-electron chi connectivity index (χ4n) is 3.27. The lowest BCUT2D eigenvalue weighted by atomic mass is 10.1. The maximum Gasteiger partial charge on any atom is 0.246 e. The van der Waals surface area contributed by atoms with E-state index < -0.39 is 0 Å². The lowest BCUT2D eigenvalue weighted by Crippen LogP contribution is -2.30. The molecule has 0 aromatic rings. The fraction of sp³-hybridized carbons (Fsp3) is 0.879. The van der Waals surface area contributed by atoms with Gasteiger partial charge in [-0.25, -0.2) is 0 Å². The van der Waals surface area contributed by atoms with Gasteiger partial charge in [-0.3, -0.25) is 19.2 Å². The Kier molecular flexibility index (Phi) is 40.6. The third kappa shape index (κ3) is 41.7. The highest BCUT2D eigenvalue weighted by Crippen LogP contribution is 2.04. The molecule has 0 unspecified atom stereocenters. The van der Waals surface area contributed by atoms with Crippen LogP contribution in [0.1, 0.15) is 99.1 Å². The molecule has 0 spiro atoms. The van der Waals surface area contributed by atoms with Gasteiger partial charge >= 0.3 is 0 Å². The van der Waals surface area contributed by atoms with Crippen molar-refractivity contribution in [2.24, 2.45) is 5.92 Å². The van der Waals surface area contributed by atoms with Gasteiger partial charge in [0.15, 0.2) is 0 Å². The van der Waals surface area contributed by atoms with Gasteiger partial charge in [-0.15, -0.1) is 0 Å². The molecule has 0 aliphatic carbocycles. The highest BCUT2D eigenvalue weighted by molar-refractivity contribution is 5.78. The monoisotopic (exact) mass is 673 g/mol. The van der Waals surface area contributed by atoms with E-state index >= 15 is 0 Å². The SMILES string of the molecule is CC.CC(C)OCC(=O)NCCCCCCCCNC(=O)C(C)C.CCC(=O)NCCOCCOCCOCCNC(=O)COC.[HH].[HH].[HH].[HH]. The van der Waals surface area contributed by atoms with Gasteiger partial charge in [-0.05, 0) is 26.7 Å². The van der Waals surface area contributed by atoms with Gasteiger partial charge in [0.05, 0.1) is 45.7 Å². The van der Waals surface area contributed by atoms with Crippen LogP contribution in [0.3, 0.4) is 0 Å². The Balaban J connectivity index is -0.000000131. The van der Waals surface area contributed by atoms with Crippen molar-refractivity contribution < 1.29 is 48.6 Å². The summed E-state index contributed by atoms with van der Waals surface area (Å²) in [6.45, 7) is 19.0.